The molecule has 2 heterocycles. The lowest BCUT2D eigenvalue weighted by Gasteiger charge is -2.25. The first-order valence-electron chi connectivity index (χ1n) is 10.1. The Hall–Kier alpha value is -2.75. The quantitative estimate of drug-likeness (QED) is 0.680. The molecule has 1 unspecified atom stereocenters. The normalized spacial score (nSPS) is 16.6. The fourth-order valence-electron chi connectivity index (χ4n) is 4.40. The Bertz CT molecular complexity index is 961. The monoisotopic (exact) mass is 376 g/mol. The van der Waals surface area contributed by atoms with Crippen molar-refractivity contribution in [2.75, 3.05) is 13.7 Å². The zero-order valence-electron chi connectivity index (χ0n) is 16.7. The van der Waals surface area contributed by atoms with Crippen molar-refractivity contribution in [1.82, 2.24) is 9.88 Å². The summed E-state index contributed by atoms with van der Waals surface area (Å²) in [5, 5.41) is 1.21. The number of amides is 1. The minimum absolute atomic E-state index is 0.279. The number of aromatic nitrogens is 1. The van der Waals surface area contributed by atoms with Gasteiger partial charge in [-0.3, -0.25) is 4.79 Å². The molecule has 1 aliphatic rings. The van der Waals surface area contributed by atoms with Crippen LogP contribution in [0.2, 0.25) is 0 Å². The highest BCUT2D eigenvalue weighted by Crippen LogP contribution is 2.30. The Kier molecular flexibility index (Phi) is 5.38. The van der Waals surface area contributed by atoms with E-state index < -0.39 is 0 Å². The van der Waals surface area contributed by atoms with Gasteiger partial charge in [0.25, 0.3) is 0 Å². The van der Waals surface area contributed by atoms with Crippen molar-refractivity contribution < 1.29 is 9.53 Å². The van der Waals surface area contributed by atoms with Gasteiger partial charge in [-0.2, -0.15) is 0 Å². The van der Waals surface area contributed by atoms with E-state index in [-0.39, 0.29) is 11.9 Å². The summed E-state index contributed by atoms with van der Waals surface area (Å²) >= 11 is 0. The molecule has 28 heavy (non-hydrogen) atoms. The third kappa shape index (κ3) is 3.77. The average molecular weight is 377 g/mol. The van der Waals surface area contributed by atoms with Crippen LogP contribution in [0.3, 0.4) is 0 Å². The number of hydrogen-bond acceptors (Lipinski definition) is 2. The van der Waals surface area contributed by atoms with Gasteiger partial charge >= 0.3 is 0 Å². The Morgan fingerprint density at radius 2 is 2.04 bits per heavy atom. The van der Waals surface area contributed by atoms with Crippen molar-refractivity contribution in [3.05, 3.63) is 65.4 Å². The van der Waals surface area contributed by atoms with Gasteiger partial charge < -0.3 is 14.6 Å². The summed E-state index contributed by atoms with van der Waals surface area (Å²) in [6.45, 7) is 3.00. The summed E-state index contributed by atoms with van der Waals surface area (Å²) in [6, 6.07) is 16.7. The minimum atomic E-state index is 0.279. The number of methoxy groups -OCH3 is 1. The molecule has 4 rings (SSSR count). The SMILES string of the molecule is COc1ccc2[nH]c(C)c(CC3CCCN3C(=O)CCc3ccccc3)c2c1. The summed E-state index contributed by atoms with van der Waals surface area (Å²) < 4.78 is 5.41. The van der Waals surface area contributed by atoms with E-state index in [1.54, 1.807) is 7.11 Å². The predicted molar refractivity (Wildman–Crippen MR) is 113 cm³/mol. The summed E-state index contributed by atoms with van der Waals surface area (Å²) in [7, 11) is 1.70. The van der Waals surface area contributed by atoms with Gasteiger partial charge in [0.05, 0.1) is 7.11 Å². The number of fused-ring (bicyclic) bond motifs is 1. The smallest absolute Gasteiger partial charge is 0.223 e. The van der Waals surface area contributed by atoms with Gasteiger partial charge in [-0.05, 0) is 61.9 Å². The van der Waals surface area contributed by atoms with Crippen molar-refractivity contribution in [1.29, 1.82) is 0 Å². The predicted octanol–water partition coefficient (Wildman–Crippen LogP) is 4.65. The largest absolute Gasteiger partial charge is 0.497 e. The Balaban J connectivity index is 1.49. The Labute approximate surface area is 166 Å². The van der Waals surface area contributed by atoms with Crippen LogP contribution in [0, 0.1) is 6.92 Å². The maximum atomic E-state index is 12.9. The Morgan fingerprint density at radius 3 is 2.82 bits per heavy atom. The number of likely N-dealkylation sites (tertiary alicyclic amines) is 1. The lowest BCUT2D eigenvalue weighted by molar-refractivity contribution is -0.131. The molecule has 0 aliphatic carbocycles. The zero-order valence-corrected chi connectivity index (χ0v) is 16.7. The summed E-state index contributed by atoms with van der Waals surface area (Å²) in [5.41, 5.74) is 4.85. The van der Waals surface area contributed by atoms with Crippen molar-refractivity contribution >= 4 is 16.8 Å². The summed E-state index contributed by atoms with van der Waals surface area (Å²) in [6.07, 6.45) is 4.46. The molecule has 1 aliphatic heterocycles. The number of ether oxygens (including phenoxy) is 1. The number of aryl methyl sites for hydroxylation is 2. The van der Waals surface area contributed by atoms with Gasteiger partial charge in [0.2, 0.25) is 5.91 Å². The summed E-state index contributed by atoms with van der Waals surface area (Å²) in [5.74, 6) is 1.15. The lowest BCUT2D eigenvalue weighted by atomic mass is 10.0. The van der Waals surface area contributed by atoms with E-state index in [4.69, 9.17) is 4.74 Å². The Morgan fingerprint density at radius 1 is 1.21 bits per heavy atom. The van der Waals surface area contributed by atoms with Crippen LogP contribution < -0.4 is 4.74 Å². The first-order valence-corrected chi connectivity index (χ1v) is 10.1. The van der Waals surface area contributed by atoms with Crippen LogP contribution in [0.4, 0.5) is 0 Å². The van der Waals surface area contributed by atoms with Gasteiger partial charge in [0.15, 0.2) is 0 Å². The molecule has 0 radical (unpaired) electrons. The number of nitrogens with one attached hydrogen (secondary N) is 1. The first kappa shape index (κ1) is 18.6. The van der Waals surface area contributed by atoms with Gasteiger partial charge in [-0.25, -0.2) is 0 Å². The topological polar surface area (TPSA) is 45.3 Å². The fraction of sp³-hybridized carbons (Fsp3) is 0.375. The molecule has 0 spiro atoms. The van der Waals surface area contributed by atoms with E-state index in [0.717, 1.165) is 43.5 Å². The standard InChI is InChI=1S/C24H28N2O2/c1-17-21(22-16-20(28-2)11-12-23(22)25-17)15-19-9-6-14-26(19)24(27)13-10-18-7-4-3-5-8-18/h3-5,7-8,11-12,16,19,25H,6,9-10,13-15H2,1-2H3. The molecule has 1 amide bonds. The van der Waals surface area contributed by atoms with Crippen molar-refractivity contribution in [2.45, 2.75) is 45.1 Å². The van der Waals surface area contributed by atoms with Crippen LogP contribution in [0.5, 0.6) is 5.75 Å². The van der Waals surface area contributed by atoms with Crippen LogP contribution in [0.15, 0.2) is 48.5 Å². The first-order chi connectivity index (χ1) is 13.7. The van der Waals surface area contributed by atoms with E-state index in [0.29, 0.717) is 6.42 Å². The highest BCUT2D eigenvalue weighted by Gasteiger charge is 2.29. The van der Waals surface area contributed by atoms with E-state index in [1.165, 1.54) is 22.2 Å². The summed E-state index contributed by atoms with van der Waals surface area (Å²) in [4.78, 5) is 18.5. The van der Waals surface area contributed by atoms with Crippen LogP contribution >= 0.6 is 0 Å². The molecule has 0 bridgehead atoms. The third-order valence-electron chi connectivity index (χ3n) is 5.93. The fourth-order valence-corrected chi connectivity index (χ4v) is 4.40. The number of carbonyl (C=O) groups excluding carboxylic acids is 1. The third-order valence-corrected chi connectivity index (χ3v) is 5.93. The van der Waals surface area contributed by atoms with Crippen molar-refractivity contribution in [2.24, 2.45) is 0 Å². The molecule has 1 aromatic heterocycles. The number of nitrogens with zero attached hydrogens (tertiary/aromatic N) is 1. The maximum absolute atomic E-state index is 12.9. The molecule has 4 nitrogen and oxygen atoms in total. The highest BCUT2D eigenvalue weighted by molar-refractivity contribution is 5.86. The molecule has 1 fully saturated rings. The highest BCUT2D eigenvalue weighted by atomic mass is 16.5. The molecule has 4 heteroatoms. The van der Waals surface area contributed by atoms with Crippen LogP contribution in [-0.2, 0) is 17.6 Å². The zero-order chi connectivity index (χ0) is 19.5. The molecule has 3 aromatic rings. The molecular weight excluding hydrogens is 348 g/mol. The van der Waals surface area contributed by atoms with Crippen molar-refractivity contribution in [3.8, 4) is 5.75 Å². The minimum Gasteiger partial charge on any atom is -0.497 e. The molecule has 0 saturated carbocycles. The van der Waals surface area contributed by atoms with E-state index in [2.05, 4.69) is 41.1 Å². The molecule has 1 atom stereocenters. The van der Waals surface area contributed by atoms with Gasteiger partial charge in [0, 0.05) is 35.6 Å². The van der Waals surface area contributed by atoms with Crippen LogP contribution in [0.1, 0.15) is 36.1 Å². The van der Waals surface area contributed by atoms with E-state index in [9.17, 15) is 4.79 Å². The number of rotatable bonds is 6. The molecular formula is C24H28N2O2. The number of aromatic amines is 1. The maximum Gasteiger partial charge on any atom is 0.223 e. The van der Waals surface area contributed by atoms with Crippen LogP contribution in [-0.4, -0.2) is 35.5 Å². The number of carbonyl (C=O) groups is 1. The van der Waals surface area contributed by atoms with Gasteiger partial charge in [-0.15, -0.1) is 0 Å². The number of benzene rings is 2. The number of hydrogen-bond donors (Lipinski definition) is 1. The number of H-pyrrole nitrogens is 1. The second-order valence-electron chi connectivity index (χ2n) is 7.71. The second-order valence-corrected chi connectivity index (χ2v) is 7.71. The lowest BCUT2D eigenvalue weighted by Crippen LogP contribution is -2.37. The van der Waals surface area contributed by atoms with Gasteiger partial charge in [0.1, 0.15) is 5.75 Å². The average Bonchev–Trinajstić information content (AvgIpc) is 3.31. The van der Waals surface area contributed by atoms with Crippen LogP contribution in [0.25, 0.3) is 10.9 Å². The molecule has 2 aromatic carbocycles. The van der Waals surface area contributed by atoms with Gasteiger partial charge in [-0.1, -0.05) is 30.3 Å². The molecule has 146 valence electrons. The molecule has 1 N–H and O–H groups in total. The van der Waals surface area contributed by atoms with Crippen molar-refractivity contribution in [3.63, 3.8) is 0 Å². The second kappa shape index (κ2) is 8.09. The molecule has 1 saturated heterocycles. The van der Waals surface area contributed by atoms with E-state index >= 15 is 0 Å². The van der Waals surface area contributed by atoms with E-state index in [1.807, 2.05) is 24.3 Å².